The van der Waals surface area contributed by atoms with E-state index in [4.69, 9.17) is 4.84 Å². The molecule has 2 rings (SSSR count). The van der Waals surface area contributed by atoms with E-state index in [9.17, 15) is 13.2 Å². The van der Waals surface area contributed by atoms with Crippen molar-refractivity contribution in [1.29, 1.82) is 0 Å². The first-order chi connectivity index (χ1) is 11.3. The van der Waals surface area contributed by atoms with Gasteiger partial charge in [0.2, 0.25) is 0 Å². The third-order valence-electron chi connectivity index (χ3n) is 5.03. The molecule has 7 heteroatoms. The van der Waals surface area contributed by atoms with Crippen LogP contribution in [0.4, 0.5) is 0 Å². The van der Waals surface area contributed by atoms with Crippen molar-refractivity contribution in [3.05, 3.63) is 29.8 Å². The van der Waals surface area contributed by atoms with E-state index in [0.29, 0.717) is 17.4 Å². The normalized spacial score (nSPS) is 24.8. The predicted molar refractivity (Wildman–Crippen MR) is 91.8 cm³/mol. The van der Waals surface area contributed by atoms with Crippen molar-refractivity contribution in [1.82, 2.24) is 9.79 Å². The molecule has 0 saturated heterocycles. The lowest BCUT2D eigenvalue weighted by Crippen LogP contribution is -2.43. The molecule has 1 N–H and O–H groups in total. The maximum atomic E-state index is 12.4. The highest BCUT2D eigenvalue weighted by atomic mass is 32.2. The van der Waals surface area contributed by atoms with Gasteiger partial charge < -0.3 is 5.32 Å². The van der Waals surface area contributed by atoms with Gasteiger partial charge in [-0.3, -0.25) is 9.63 Å². The molecule has 1 amide bonds. The van der Waals surface area contributed by atoms with Crippen LogP contribution in [0.15, 0.2) is 29.2 Å². The molecule has 1 aromatic rings. The molecule has 1 aromatic carbocycles. The molecule has 3 unspecified atom stereocenters. The average Bonchev–Trinajstić information content (AvgIpc) is 2.58. The topological polar surface area (TPSA) is 75.7 Å². The Morgan fingerprint density at radius 1 is 1.21 bits per heavy atom. The summed E-state index contributed by atoms with van der Waals surface area (Å²) in [6, 6.07) is 6.08. The average molecular weight is 354 g/mol. The summed E-state index contributed by atoms with van der Waals surface area (Å²) in [6.45, 7) is 4.39. The fraction of sp³-hybridized carbons (Fsp3) is 0.588. The number of carbonyl (C=O) groups is 1. The van der Waals surface area contributed by atoms with Gasteiger partial charge in [-0.1, -0.05) is 31.2 Å². The number of hydroxylamine groups is 1. The number of rotatable bonds is 5. The van der Waals surface area contributed by atoms with Crippen molar-refractivity contribution < 1.29 is 18.0 Å². The fourth-order valence-electron chi connectivity index (χ4n) is 3.06. The van der Waals surface area contributed by atoms with Gasteiger partial charge in [-0.05, 0) is 42.5 Å². The molecule has 6 nitrogen and oxygen atoms in total. The molecule has 3 atom stereocenters. The number of sulfonamides is 1. The fourth-order valence-corrected chi connectivity index (χ4v) is 4.04. The molecule has 0 radical (unpaired) electrons. The second kappa shape index (κ2) is 7.63. The zero-order valence-electron chi connectivity index (χ0n) is 14.7. The molecule has 0 aromatic heterocycles. The summed E-state index contributed by atoms with van der Waals surface area (Å²) in [5, 5.41) is 3.08. The molecular formula is C17H26N2O4S. The highest BCUT2D eigenvalue weighted by molar-refractivity contribution is 7.89. The van der Waals surface area contributed by atoms with Crippen molar-refractivity contribution in [3.8, 4) is 0 Å². The molecule has 24 heavy (non-hydrogen) atoms. The Hall–Kier alpha value is -1.44. The first-order valence-corrected chi connectivity index (χ1v) is 9.65. The number of benzene rings is 1. The number of carbonyl (C=O) groups excluding carboxylic acids is 1. The van der Waals surface area contributed by atoms with E-state index in [0.717, 1.165) is 17.3 Å². The minimum absolute atomic E-state index is 0.0862. The van der Waals surface area contributed by atoms with E-state index in [1.165, 1.54) is 44.8 Å². The molecule has 0 spiro atoms. The van der Waals surface area contributed by atoms with Crippen LogP contribution in [-0.2, 0) is 14.9 Å². The molecule has 1 aliphatic carbocycles. The molecule has 0 aliphatic heterocycles. The van der Waals surface area contributed by atoms with Crippen molar-refractivity contribution >= 4 is 15.9 Å². The summed E-state index contributed by atoms with van der Waals surface area (Å²) in [5.74, 6) is 0.879. The Kier molecular flexibility index (Phi) is 6.01. The van der Waals surface area contributed by atoms with E-state index >= 15 is 0 Å². The van der Waals surface area contributed by atoms with Crippen molar-refractivity contribution in [3.63, 3.8) is 0 Å². The highest BCUT2D eigenvalue weighted by Gasteiger charge is 2.28. The SMILES string of the molecule is CON(C)S(=O)(=O)c1ccc(C(=O)NC2CCCC(C)C2C)cc1. The zero-order valence-corrected chi connectivity index (χ0v) is 15.5. The Morgan fingerprint density at radius 2 is 1.83 bits per heavy atom. The number of nitrogens with zero attached hydrogens (tertiary/aromatic N) is 1. The monoisotopic (exact) mass is 354 g/mol. The largest absolute Gasteiger partial charge is 0.349 e. The lowest BCUT2D eigenvalue weighted by atomic mass is 9.78. The van der Waals surface area contributed by atoms with Crippen LogP contribution in [0.1, 0.15) is 43.5 Å². The van der Waals surface area contributed by atoms with Crippen molar-refractivity contribution in [2.45, 2.75) is 44.0 Å². The van der Waals surface area contributed by atoms with Crippen LogP contribution in [0, 0.1) is 11.8 Å². The second-order valence-corrected chi connectivity index (χ2v) is 8.40. The van der Waals surface area contributed by atoms with Crippen LogP contribution < -0.4 is 5.32 Å². The van der Waals surface area contributed by atoms with Crippen LogP contribution in [0.5, 0.6) is 0 Å². The van der Waals surface area contributed by atoms with Gasteiger partial charge in [0.05, 0.1) is 12.0 Å². The van der Waals surface area contributed by atoms with Crippen LogP contribution in [0.25, 0.3) is 0 Å². The molecular weight excluding hydrogens is 328 g/mol. The van der Waals surface area contributed by atoms with E-state index in [1.807, 2.05) is 0 Å². The maximum absolute atomic E-state index is 12.4. The van der Waals surface area contributed by atoms with Crippen LogP contribution in [-0.4, -0.2) is 39.0 Å². The third-order valence-corrected chi connectivity index (χ3v) is 6.73. The third kappa shape index (κ3) is 3.96. The maximum Gasteiger partial charge on any atom is 0.264 e. The van der Waals surface area contributed by atoms with E-state index in [1.54, 1.807) is 0 Å². The summed E-state index contributed by atoms with van der Waals surface area (Å²) in [7, 11) is -1.09. The molecule has 134 valence electrons. The predicted octanol–water partition coefficient (Wildman–Crippen LogP) is 2.42. The second-order valence-electron chi connectivity index (χ2n) is 6.47. The lowest BCUT2D eigenvalue weighted by molar-refractivity contribution is -0.0258. The lowest BCUT2D eigenvalue weighted by Gasteiger charge is -2.34. The summed E-state index contributed by atoms with van der Waals surface area (Å²) in [4.78, 5) is 17.2. The van der Waals surface area contributed by atoms with E-state index < -0.39 is 10.0 Å². The van der Waals surface area contributed by atoms with Crippen LogP contribution >= 0.6 is 0 Å². The Labute approximate surface area is 144 Å². The smallest absolute Gasteiger partial charge is 0.264 e. The Balaban J connectivity index is 2.09. The van der Waals surface area contributed by atoms with Crippen LogP contribution in [0.2, 0.25) is 0 Å². The molecule has 1 fully saturated rings. The molecule has 1 aliphatic rings. The number of amides is 1. The Morgan fingerprint density at radius 3 is 2.42 bits per heavy atom. The summed E-state index contributed by atoms with van der Waals surface area (Å²) >= 11 is 0. The minimum Gasteiger partial charge on any atom is -0.349 e. The van der Waals surface area contributed by atoms with Gasteiger partial charge in [-0.25, -0.2) is 8.42 Å². The van der Waals surface area contributed by atoms with Gasteiger partial charge in [0, 0.05) is 18.7 Å². The van der Waals surface area contributed by atoms with Gasteiger partial charge in [0.15, 0.2) is 0 Å². The van der Waals surface area contributed by atoms with Crippen LogP contribution in [0.3, 0.4) is 0 Å². The standard InChI is InChI=1S/C17H26N2O4S/c1-12-6-5-7-16(13(12)2)18-17(20)14-8-10-15(11-9-14)24(21,22)19(3)23-4/h8-13,16H,5-7H2,1-4H3,(H,18,20). The first kappa shape index (κ1) is 18.9. The number of hydrogen-bond donors (Lipinski definition) is 1. The van der Waals surface area contributed by atoms with E-state index in [2.05, 4.69) is 19.2 Å². The summed E-state index contributed by atoms with van der Waals surface area (Å²) in [6.07, 6.45) is 3.31. The number of nitrogens with one attached hydrogen (secondary N) is 1. The Bertz CT molecular complexity index is 672. The first-order valence-electron chi connectivity index (χ1n) is 8.21. The minimum atomic E-state index is -3.70. The van der Waals surface area contributed by atoms with Gasteiger partial charge in [0.1, 0.15) is 0 Å². The highest BCUT2D eigenvalue weighted by Crippen LogP contribution is 2.29. The van der Waals surface area contributed by atoms with Crippen molar-refractivity contribution in [2.75, 3.05) is 14.2 Å². The van der Waals surface area contributed by atoms with Gasteiger partial charge in [0.25, 0.3) is 15.9 Å². The summed E-state index contributed by atoms with van der Waals surface area (Å²) in [5.41, 5.74) is 0.458. The quantitative estimate of drug-likeness (QED) is 0.824. The van der Waals surface area contributed by atoms with Gasteiger partial charge >= 0.3 is 0 Å². The molecule has 0 heterocycles. The molecule has 0 bridgehead atoms. The zero-order chi connectivity index (χ0) is 17.9. The van der Waals surface area contributed by atoms with E-state index in [-0.39, 0.29) is 16.8 Å². The van der Waals surface area contributed by atoms with Gasteiger partial charge in [-0.2, -0.15) is 0 Å². The summed E-state index contributed by atoms with van der Waals surface area (Å²) < 4.78 is 25.1. The van der Waals surface area contributed by atoms with Crippen molar-refractivity contribution in [2.24, 2.45) is 11.8 Å². The van der Waals surface area contributed by atoms with Gasteiger partial charge in [-0.15, -0.1) is 0 Å². The number of hydrogen-bond acceptors (Lipinski definition) is 4. The molecule has 1 saturated carbocycles.